The van der Waals surface area contributed by atoms with Crippen molar-refractivity contribution in [2.24, 2.45) is 10.7 Å². The molecule has 1 aromatic heterocycles. The Labute approximate surface area is 208 Å². The summed E-state index contributed by atoms with van der Waals surface area (Å²) in [5.41, 5.74) is 9.75. The van der Waals surface area contributed by atoms with Gasteiger partial charge in [-0.2, -0.15) is 0 Å². The fourth-order valence-corrected chi connectivity index (χ4v) is 4.32. The molecule has 0 bridgehead atoms. The minimum Gasteiger partial charge on any atom is -0.378 e. The number of para-hydroxylation sites is 2. The van der Waals surface area contributed by atoms with Gasteiger partial charge in [-0.05, 0) is 18.2 Å². The molecule has 2 heterocycles. The van der Waals surface area contributed by atoms with Crippen LogP contribution in [0.2, 0.25) is 0 Å². The number of H-pyrrole nitrogens is 1. The second-order valence-corrected chi connectivity index (χ2v) is 8.40. The van der Waals surface area contributed by atoms with E-state index < -0.39 is 12.1 Å². The van der Waals surface area contributed by atoms with Gasteiger partial charge in [0.25, 0.3) is 11.8 Å². The third-order valence-electron chi connectivity index (χ3n) is 6.02. The van der Waals surface area contributed by atoms with Gasteiger partial charge in [0.05, 0.1) is 24.6 Å². The topological polar surface area (TPSA) is 113 Å². The Morgan fingerprint density at radius 3 is 2.56 bits per heavy atom. The summed E-state index contributed by atoms with van der Waals surface area (Å²) in [7, 11) is 0. The summed E-state index contributed by atoms with van der Waals surface area (Å²) in [6, 6.07) is 26.6. The molecule has 1 aliphatic rings. The zero-order valence-electron chi connectivity index (χ0n) is 19.7. The number of rotatable bonds is 8. The first-order chi connectivity index (χ1) is 17.7. The van der Waals surface area contributed by atoms with Crippen LogP contribution >= 0.6 is 0 Å². The molecule has 1 aliphatic heterocycles. The van der Waals surface area contributed by atoms with E-state index in [2.05, 4.69) is 10.3 Å². The van der Waals surface area contributed by atoms with Crippen LogP contribution in [0.5, 0.6) is 0 Å². The lowest BCUT2D eigenvalue weighted by Crippen LogP contribution is -2.48. The fourth-order valence-electron chi connectivity index (χ4n) is 4.32. The molecular formula is C28H27N5O3. The number of aromatic amines is 1. The number of amides is 2. The number of benzene rings is 3. The van der Waals surface area contributed by atoms with E-state index in [1.807, 2.05) is 78.9 Å². The number of carbonyl (C=O) groups is 2. The third kappa shape index (κ3) is 4.77. The molecule has 4 N–H and O–H groups in total. The largest absolute Gasteiger partial charge is 0.378 e. The first-order valence-corrected chi connectivity index (χ1v) is 11.9. The number of nitrogens with zero attached hydrogens (tertiary/aromatic N) is 2. The Balaban J connectivity index is 1.53. The predicted octanol–water partition coefficient (Wildman–Crippen LogP) is 3.08. The van der Waals surface area contributed by atoms with Crippen LogP contribution in [0, 0.1) is 0 Å². The highest BCUT2D eigenvalue weighted by atomic mass is 16.5. The van der Waals surface area contributed by atoms with E-state index in [0.717, 1.165) is 22.0 Å². The number of aromatic nitrogens is 1. The van der Waals surface area contributed by atoms with Gasteiger partial charge in [-0.1, -0.05) is 66.7 Å². The van der Waals surface area contributed by atoms with Crippen LogP contribution in [0.25, 0.3) is 10.9 Å². The van der Waals surface area contributed by atoms with Crippen LogP contribution in [0.1, 0.15) is 21.6 Å². The summed E-state index contributed by atoms with van der Waals surface area (Å²) in [4.78, 5) is 36.6. The average molecular weight is 482 g/mol. The maximum absolute atomic E-state index is 13.8. The predicted molar refractivity (Wildman–Crippen MR) is 140 cm³/mol. The quantitative estimate of drug-likeness (QED) is 0.336. The summed E-state index contributed by atoms with van der Waals surface area (Å²) < 4.78 is 5.57. The lowest BCUT2D eigenvalue weighted by atomic mass is 10.0. The maximum Gasteiger partial charge on any atom is 0.272 e. The smallest absolute Gasteiger partial charge is 0.272 e. The molecule has 0 fully saturated rings. The van der Waals surface area contributed by atoms with E-state index in [0.29, 0.717) is 43.4 Å². The number of hydrogen-bond donors (Lipinski definition) is 3. The van der Waals surface area contributed by atoms with E-state index in [-0.39, 0.29) is 5.91 Å². The molecule has 2 amide bonds. The molecule has 36 heavy (non-hydrogen) atoms. The molecule has 0 radical (unpaired) electrons. The molecule has 4 aromatic rings. The Morgan fingerprint density at radius 2 is 1.75 bits per heavy atom. The summed E-state index contributed by atoms with van der Waals surface area (Å²) in [5.74, 6) is -0.750. The Bertz CT molecular complexity index is 1380. The van der Waals surface area contributed by atoms with Gasteiger partial charge in [0.15, 0.2) is 0 Å². The van der Waals surface area contributed by atoms with Crippen molar-refractivity contribution >= 4 is 34.1 Å². The van der Waals surface area contributed by atoms with Gasteiger partial charge in [-0.15, -0.1) is 0 Å². The molecule has 0 unspecified atom stereocenters. The molecule has 0 saturated carbocycles. The normalized spacial score (nSPS) is 15.4. The first-order valence-electron chi connectivity index (χ1n) is 11.9. The number of benzodiazepines with no additional fused rings is 1. The van der Waals surface area contributed by atoms with E-state index in [1.54, 1.807) is 11.0 Å². The van der Waals surface area contributed by atoms with Crippen molar-refractivity contribution in [1.82, 2.24) is 10.3 Å². The molecular weight excluding hydrogens is 454 g/mol. The fraction of sp³-hybridized carbons (Fsp3) is 0.179. The van der Waals surface area contributed by atoms with Gasteiger partial charge < -0.3 is 25.7 Å². The summed E-state index contributed by atoms with van der Waals surface area (Å²) in [6.07, 6.45) is -1.12. The maximum atomic E-state index is 13.8. The third-order valence-corrected chi connectivity index (χ3v) is 6.02. The van der Waals surface area contributed by atoms with Crippen LogP contribution in [0.3, 0.4) is 0 Å². The average Bonchev–Trinajstić information content (AvgIpc) is 3.32. The summed E-state index contributed by atoms with van der Waals surface area (Å²) in [6.45, 7) is 1.40. The molecule has 3 aromatic carbocycles. The number of fused-ring (bicyclic) bond motifs is 2. The lowest BCUT2D eigenvalue weighted by molar-refractivity contribution is -0.120. The van der Waals surface area contributed by atoms with Gasteiger partial charge in [0.1, 0.15) is 5.69 Å². The van der Waals surface area contributed by atoms with Gasteiger partial charge in [0.2, 0.25) is 6.17 Å². The molecule has 0 aliphatic carbocycles. The van der Waals surface area contributed by atoms with Crippen molar-refractivity contribution in [3.05, 3.63) is 102 Å². The number of ether oxygens (including phenoxy) is 1. The number of aliphatic imine (C=N–C) groups is 1. The van der Waals surface area contributed by atoms with Gasteiger partial charge in [-0.25, -0.2) is 4.99 Å². The molecule has 8 nitrogen and oxygen atoms in total. The van der Waals surface area contributed by atoms with Crippen molar-refractivity contribution in [1.29, 1.82) is 0 Å². The van der Waals surface area contributed by atoms with Crippen molar-refractivity contribution in [3.63, 3.8) is 0 Å². The number of carbonyl (C=O) groups excluding carboxylic acids is 2. The molecule has 5 rings (SSSR count). The Morgan fingerprint density at radius 1 is 1.00 bits per heavy atom. The van der Waals surface area contributed by atoms with E-state index in [1.165, 1.54) is 0 Å². The second-order valence-electron chi connectivity index (χ2n) is 8.40. The van der Waals surface area contributed by atoms with Crippen molar-refractivity contribution in [2.75, 3.05) is 31.2 Å². The lowest BCUT2D eigenvalue weighted by Gasteiger charge is -2.25. The van der Waals surface area contributed by atoms with E-state index in [4.69, 9.17) is 15.5 Å². The highest BCUT2D eigenvalue weighted by Gasteiger charge is 2.33. The number of nitrogens with two attached hydrogens (primary N) is 1. The minimum atomic E-state index is -1.12. The summed E-state index contributed by atoms with van der Waals surface area (Å²) >= 11 is 0. The zero-order chi connectivity index (χ0) is 24.9. The van der Waals surface area contributed by atoms with Crippen LogP contribution < -0.4 is 16.0 Å². The molecule has 8 heteroatoms. The number of nitrogens with one attached hydrogen (secondary N) is 2. The van der Waals surface area contributed by atoms with Crippen LogP contribution in [-0.2, 0) is 9.53 Å². The first kappa shape index (κ1) is 23.5. The highest BCUT2D eigenvalue weighted by molar-refractivity contribution is 6.20. The monoisotopic (exact) mass is 481 g/mol. The molecule has 182 valence electrons. The second kappa shape index (κ2) is 10.6. The SMILES string of the molecule is NCCOCCN1C(=O)[C@@H](NC(=O)c2cc3ccccc3[nH]2)N=C(c2ccccc2)c2ccccc21. The number of anilines is 1. The van der Waals surface area contributed by atoms with E-state index >= 15 is 0 Å². The minimum absolute atomic E-state index is 0.298. The van der Waals surface area contributed by atoms with Crippen LogP contribution in [0.4, 0.5) is 5.69 Å². The zero-order valence-corrected chi connectivity index (χ0v) is 19.7. The van der Waals surface area contributed by atoms with Gasteiger partial charge >= 0.3 is 0 Å². The number of hydrogen-bond acceptors (Lipinski definition) is 5. The van der Waals surface area contributed by atoms with Crippen molar-refractivity contribution in [3.8, 4) is 0 Å². The standard InChI is InChI=1S/C28H27N5O3/c29-14-16-36-17-15-33-24-13-7-5-11-21(24)25(19-8-2-1-3-9-19)31-26(28(33)35)32-27(34)23-18-20-10-4-6-12-22(20)30-23/h1-13,18,26,30H,14-17,29H2,(H,32,34)/t26-/m1/s1. The summed E-state index contributed by atoms with van der Waals surface area (Å²) in [5, 5.41) is 3.75. The highest BCUT2D eigenvalue weighted by Crippen LogP contribution is 2.28. The Hall–Kier alpha value is -4.27. The van der Waals surface area contributed by atoms with Crippen molar-refractivity contribution in [2.45, 2.75) is 6.17 Å². The van der Waals surface area contributed by atoms with Crippen molar-refractivity contribution < 1.29 is 14.3 Å². The van der Waals surface area contributed by atoms with Gasteiger partial charge in [-0.3, -0.25) is 9.59 Å². The molecule has 0 spiro atoms. The molecule has 1 atom stereocenters. The molecule has 0 saturated heterocycles. The van der Waals surface area contributed by atoms with E-state index in [9.17, 15) is 9.59 Å². The Kier molecular flexibility index (Phi) is 6.88. The van der Waals surface area contributed by atoms with Gasteiger partial charge in [0, 0.05) is 35.1 Å². The van der Waals surface area contributed by atoms with Crippen LogP contribution in [0.15, 0.2) is 89.9 Å². The van der Waals surface area contributed by atoms with Crippen LogP contribution in [-0.4, -0.2) is 55.0 Å².